The van der Waals surface area contributed by atoms with Crippen LogP contribution in [0.1, 0.15) is 32.9 Å². The van der Waals surface area contributed by atoms with Crippen LogP contribution in [0.2, 0.25) is 0 Å². The van der Waals surface area contributed by atoms with Crippen molar-refractivity contribution in [1.82, 2.24) is 10.1 Å². The molecule has 1 atom stereocenters. The molecule has 1 aromatic heterocycles. The quantitative estimate of drug-likeness (QED) is 0.511. The van der Waals surface area contributed by atoms with Gasteiger partial charge in [-0.05, 0) is 37.5 Å². The van der Waals surface area contributed by atoms with Crippen molar-refractivity contribution in [2.45, 2.75) is 19.4 Å². The Morgan fingerprint density at radius 1 is 1.24 bits per heavy atom. The predicted molar refractivity (Wildman–Crippen MR) is 105 cm³/mol. The van der Waals surface area contributed by atoms with E-state index in [2.05, 4.69) is 10.5 Å². The van der Waals surface area contributed by atoms with Gasteiger partial charge in [0.1, 0.15) is 11.8 Å². The minimum absolute atomic E-state index is 0.197. The molecule has 1 aromatic carbocycles. The van der Waals surface area contributed by atoms with Crippen molar-refractivity contribution in [3.8, 4) is 0 Å². The highest BCUT2D eigenvalue weighted by Gasteiger charge is 2.43. The Kier molecular flexibility index (Phi) is 6.32. The number of rotatable bonds is 8. The van der Waals surface area contributed by atoms with Crippen LogP contribution in [0.4, 0.5) is 5.82 Å². The number of nitrogens with zero attached hydrogens (tertiary/aromatic N) is 2. The summed E-state index contributed by atoms with van der Waals surface area (Å²) in [5, 5.41) is 6.05. The standard InChI is InChI=1S/C19H19N3O6S/c1-11-9-15(21-28-11)20-16(23)10-27-19(26)14(7-8-29-2)22-17(24)12-5-3-4-6-13(12)18(22)25/h3-6,9,14H,7-8,10H2,1-2H3,(H,20,21,23)/t14-/m1/s1. The molecule has 0 saturated carbocycles. The van der Waals surface area contributed by atoms with Crippen LogP contribution < -0.4 is 5.32 Å². The number of hydrogen-bond donors (Lipinski definition) is 1. The van der Waals surface area contributed by atoms with E-state index in [1.54, 1.807) is 31.2 Å². The van der Waals surface area contributed by atoms with Gasteiger partial charge in [-0.1, -0.05) is 17.3 Å². The van der Waals surface area contributed by atoms with E-state index in [9.17, 15) is 19.2 Å². The second-order valence-corrected chi connectivity index (χ2v) is 7.29. The molecule has 3 amide bonds. The molecule has 10 heteroatoms. The third-order valence-electron chi connectivity index (χ3n) is 4.25. The van der Waals surface area contributed by atoms with Gasteiger partial charge >= 0.3 is 5.97 Å². The molecule has 0 bridgehead atoms. The van der Waals surface area contributed by atoms with Gasteiger partial charge in [0.25, 0.3) is 17.7 Å². The van der Waals surface area contributed by atoms with Crippen LogP contribution in [-0.4, -0.2) is 58.4 Å². The fraction of sp³-hybridized carbons (Fsp3) is 0.316. The van der Waals surface area contributed by atoms with E-state index in [0.29, 0.717) is 11.5 Å². The summed E-state index contributed by atoms with van der Waals surface area (Å²) in [6.07, 6.45) is 2.06. The normalized spacial score (nSPS) is 13.9. The van der Waals surface area contributed by atoms with E-state index in [4.69, 9.17) is 9.26 Å². The molecule has 1 N–H and O–H groups in total. The van der Waals surface area contributed by atoms with Gasteiger partial charge in [0.05, 0.1) is 11.1 Å². The monoisotopic (exact) mass is 417 g/mol. The van der Waals surface area contributed by atoms with Gasteiger partial charge in [-0.2, -0.15) is 11.8 Å². The Labute approximate surface area is 170 Å². The number of esters is 1. The van der Waals surface area contributed by atoms with Crippen LogP contribution in [0, 0.1) is 6.92 Å². The molecule has 0 spiro atoms. The number of anilines is 1. The number of aryl methyl sites for hydroxylation is 1. The number of nitrogens with one attached hydrogen (secondary N) is 1. The topological polar surface area (TPSA) is 119 Å². The Balaban J connectivity index is 1.68. The maximum Gasteiger partial charge on any atom is 0.329 e. The Bertz CT molecular complexity index is 922. The van der Waals surface area contributed by atoms with Crippen LogP contribution in [-0.2, 0) is 14.3 Å². The number of amides is 3. The first-order chi connectivity index (χ1) is 13.9. The first-order valence-corrected chi connectivity index (χ1v) is 10.2. The number of benzene rings is 1. The van der Waals surface area contributed by atoms with Crippen LogP contribution in [0.25, 0.3) is 0 Å². The maximum absolute atomic E-state index is 12.7. The number of imide groups is 1. The van der Waals surface area contributed by atoms with E-state index >= 15 is 0 Å². The highest BCUT2D eigenvalue weighted by molar-refractivity contribution is 7.98. The minimum atomic E-state index is -1.11. The average Bonchev–Trinajstić information content (AvgIpc) is 3.22. The van der Waals surface area contributed by atoms with E-state index in [1.165, 1.54) is 17.8 Å². The van der Waals surface area contributed by atoms with Crippen LogP contribution >= 0.6 is 11.8 Å². The number of carbonyl (C=O) groups excluding carboxylic acids is 4. The minimum Gasteiger partial charge on any atom is -0.454 e. The van der Waals surface area contributed by atoms with E-state index in [-0.39, 0.29) is 23.4 Å². The maximum atomic E-state index is 12.7. The van der Waals surface area contributed by atoms with Gasteiger partial charge in [0, 0.05) is 6.07 Å². The number of ether oxygens (including phenoxy) is 1. The second kappa shape index (κ2) is 8.91. The fourth-order valence-corrected chi connectivity index (χ4v) is 3.37. The summed E-state index contributed by atoms with van der Waals surface area (Å²) in [6.45, 7) is 1.09. The zero-order chi connectivity index (χ0) is 21.0. The first-order valence-electron chi connectivity index (χ1n) is 8.78. The lowest BCUT2D eigenvalue weighted by molar-refractivity contribution is -0.151. The summed E-state index contributed by atoms with van der Waals surface area (Å²) < 4.78 is 9.92. The van der Waals surface area contributed by atoms with E-state index in [0.717, 1.165) is 4.90 Å². The molecule has 1 aliphatic heterocycles. The van der Waals surface area contributed by atoms with Crippen LogP contribution in [0.15, 0.2) is 34.9 Å². The lowest BCUT2D eigenvalue weighted by atomic mass is 10.1. The predicted octanol–water partition coefficient (Wildman–Crippen LogP) is 1.88. The number of hydrogen-bond acceptors (Lipinski definition) is 8. The molecule has 2 heterocycles. The SMILES string of the molecule is CSCC[C@H](C(=O)OCC(=O)Nc1cc(C)on1)N1C(=O)c2ccccc2C1=O. The second-order valence-electron chi connectivity index (χ2n) is 6.30. The molecule has 1 aliphatic rings. The molecule has 3 rings (SSSR count). The van der Waals surface area contributed by atoms with Crippen molar-refractivity contribution in [3.05, 3.63) is 47.2 Å². The molecule has 0 fully saturated rings. The molecule has 9 nitrogen and oxygen atoms in total. The highest BCUT2D eigenvalue weighted by atomic mass is 32.2. The van der Waals surface area contributed by atoms with Gasteiger partial charge < -0.3 is 14.6 Å². The largest absolute Gasteiger partial charge is 0.454 e. The molecule has 29 heavy (non-hydrogen) atoms. The fourth-order valence-electron chi connectivity index (χ4n) is 2.91. The Morgan fingerprint density at radius 3 is 2.45 bits per heavy atom. The van der Waals surface area contributed by atoms with E-state index < -0.39 is 36.3 Å². The molecular formula is C19H19N3O6S. The van der Waals surface area contributed by atoms with Gasteiger partial charge in [0.2, 0.25) is 0 Å². The molecule has 0 unspecified atom stereocenters. The number of aromatic nitrogens is 1. The Morgan fingerprint density at radius 2 is 1.90 bits per heavy atom. The van der Waals surface area contributed by atoms with Gasteiger partial charge in [-0.25, -0.2) is 4.79 Å². The summed E-state index contributed by atoms with van der Waals surface area (Å²) in [6, 6.07) is 6.79. The van der Waals surface area contributed by atoms with Crippen molar-refractivity contribution in [2.75, 3.05) is 23.9 Å². The van der Waals surface area contributed by atoms with Crippen molar-refractivity contribution in [1.29, 1.82) is 0 Å². The smallest absolute Gasteiger partial charge is 0.329 e. The lowest BCUT2D eigenvalue weighted by Gasteiger charge is -2.24. The third-order valence-corrected chi connectivity index (χ3v) is 4.89. The third kappa shape index (κ3) is 4.48. The van der Waals surface area contributed by atoms with Gasteiger partial charge in [-0.3, -0.25) is 19.3 Å². The molecule has 0 aliphatic carbocycles. The van der Waals surface area contributed by atoms with Crippen molar-refractivity contribution < 1.29 is 28.4 Å². The molecule has 0 radical (unpaired) electrons. The summed E-state index contributed by atoms with van der Waals surface area (Å²) in [4.78, 5) is 50.9. The molecular weight excluding hydrogens is 398 g/mol. The molecule has 152 valence electrons. The van der Waals surface area contributed by atoms with Crippen LogP contribution in [0.3, 0.4) is 0 Å². The van der Waals surface area contributed by atoms with Gasteiger partial charge in [0.15, 0.2) is 12.4 Å². The zero-order valence-electron chi connectivity index (χ0n) is 15.8. The molecule has 2 aromatic rings. The average molecular weight is 417 g/mol. The van der Waals surface area contributed by atoms with Crippen molar-refractivity contribution in [3.63, 3.8) is 0 Å². The van der Waals surface area contributed by atoms with Crippen LogP contribution in [0.5, 0.6) is 0 Å². The van der Waals surface area contributed by atoms with Crippen molar-refractivity contribution >= 4 is 41.3 Å². The number of carbonyl (C=O) groups is 4. The van der Waals surface area contributed by atoms with Crippen molar-refractivity contribution in [2.24, 2.45) is 0 Å². The summed E-state index contributed by atoms with van der Waals surface area (Å²) in [5.74, 6) is -1.29. The highest BCUT2D eigenvalue weighted by Crippen LogP contribution is 2.26. The number of thioether (sulfide) groups is 1. The first kappa shape index (κ1) is 20.6. The zero-order valence-corrected chi connectivity index (χ0v) is 16.7. The number of fused-ring (bicyclic) bond motifs is 1. The lowest BCUT2D eigenvalue weighted by Crippen LogP contribution is -2.46. The van der Waals surface area contributed by atoms with E-state index in [1.807, 2.05) is 6.26 Å². The molecule has 0 saturated heterocycles. The summed E-state index contributed by atoms with van der Waals surface area (Å²) in [5.41, 5.74) is 0.497. The summed E-state index contributed by atoms with van der Waals surface area (Å²) in [7, 11) is 0. The Hall–Kier alpha value is -3.14. The van der Waals surface area contributed by atoms with Gasteiger partial charge in [-0.15, -0.1) is 0 Å². The summed E-state index contributed by atoms with van der Waals surface area (Å²) >= 11 is 1.47.